The molecule has 0 radical (unpaired) electrons. The highest BCUT2D eigenvalue weighted by atomic mass is 32.1. The van der Waals surface area contributed by atoms with Gasteiger partial charge >= 0.3 is 0 Å². The van der Waals surface area contributed by atoms with Gasteiger partial charge in [-0.1, -0.05) is 30.3 Å². The number of hydrogen-bond acceptors (Lipinski definition) is 7. The summed E-state index contributed by atoms with van der Waals surface area (Å²) in [6.07, 6.45) is 0. The molecule has 0 saturated carbocycles. The second kappa shape index (κ2) is 8.68. The van der Waals surface area contributed by atoms with Gasteiger partial charge in [-0.15, -0.1) is 22.7 Å². The van der Waals surface area contributed by atoms with Gasteiger partial charge in [-0.05, 0) is 19.9 Å². The van der Waals surface area contributed by atoms with Crippen LogP contribution in [0.25, 0.3) is 21.1 Å². The lowest BCUT2D eigenvalue weighted by atomic mass is 10.2. The summed E-state index contributed by atoms with van der Waals surface area (Å²) in [6, 6.07) is 13.2. The molecule has 0 spiro atoms. The fourth-order valence-electron chi connectivity index (χ4n) is 2.90. The lowest BCUT2D eigenvalue weighted by Gasteiger charge is -2.07. The molecule has 0 fully saturated rings. The maximum absolute atomic E-state index is 12.2. The minimum Gasteiger partial charge on any atom is -0.349 e. The van der Waals surface area contributed by atoms with Gasteiger partial charge in [0.05, 0.1) is 22.1 Å². The van der Waals surface area contributed by atoms with Crippen molar-refractivity contribution < 1.29 is 4.79 Å². The number of rotatable bonds is 6. The van der Waals surface area contributed by atoms with Gasteiger partial charge in [-0.25, -0.2) is 14.6 Å². The number of amides is 1. The molecule has 0 aliphatic rings. The molecule has 0 bridgehead atoms. The first-order valence-electron chi connectivity index (χ1n) is 9.33. The molecule has 3 heterocycles. The van der Waals surface area contributed by atoms with Crippen LogP contribution in [-0.4, -0.2) is 32.2 Å². The molecule has 1 aromatic carbocycles. The molecule has 0 aliphatic carbocycles. The van der Waals surface area contributed by atoms with Crippen LogP contribution in [0.1, 0.15) is 21.2 Å². The van der Waals surface area contributed by atoms with Crippen molar-refractivity contribution in [3.63, 3.8) is 0 Å². The molecular formula is C21H19N5O2S2. The Morgan fingerprint density at radius 1 is 1.10 bits per heavy atom. The quantitative estimate of drug-likeness (QED) is 0.498. The fraction of sp³-hybridized carbons (Fsp3) is 0.190. The zero-order valence-corrected chi connectivity index (χ0v) is 18.1. The predicted molar refractivity (Wildman–Crippen MR) is 119 cm³/mol. The van der Waals surface area contributed by atoms with E-state index in [4.69, 9.17) is 0 Å². The van der Waals surface area contributed by atoms with Crippen LogP contribution >= 0.6 is 22.7 Å². The molecular weight excluding hydrogens is 418 g/mol. The number of nitrogens with one attached hydrogen (secondary N) is 1. The first-order chi connectivity index (χ1) is 14.5. The lowest BCUT2D eigenvalue weighted by molar-refractivity contribution is 0.0947. The summed E-state index contributed by atoms with van der Waals surface area (Å²) in [7, 11) is 0. The Morgan fingerprint density at radius 2 is 1.90 bits per heavy atom. The highest BCUT2D eigenvalue weighted by Crippen LogP contribution is 2.33. The molecule has 3 aromatic heterocycles. The third-order valence-electron chi connectivity index (χ3n) is 4.38. The van der Waals surface area contributed by atoms with E-state index in [1.54, 1.807) is 22.8 Å². The Balaban J connectivity index is 1.50. The lowest BCUT2D eigenvalue weighted by Crippen LogP contribution is -2.32. The van der Waals surface area contributed by atoms with E-state index in [-0.39, 0.29) is 24.6 Å². The fourth-order valence-corrected chi connectivity index (χ4v) is 4.53. The van der Waals surface area contributed by atoms with E-state index in [1.165, 1.54) is 22.1 Å². The molecule has 7 nitrogen and oxygen atoms in total. The SMILES string of the molecule is Cc1nc(C(=O)NCCn2nc(-c3sc(-c4ccccc4)nc3C)ccc2=O)cs1. The standard InChI is InChI=1S/C21H19N5O2S2/c1-13-19(30-21(23-13)15-6-4-3-5-7-15)16-8-9-18(27)26(25-16)11-10-22-20(28)17-12-29-14(2)24-17/h3-9,12H,10-11H2,1-2H3,(H,22,28). The minimum atomic E-state index is -0.255. The van der Waals surface area contributed by atoms with Crippen molar-refractivity contribution in [2.45, 2.75) is 20.4 Å². The summed E-state index contributed by atoms with van der Waals surface area (Å²) in [4.78, 5) is 34.1. The normalized spacial score (nSPS) is 10.9. The Kier molecular flexibility index (Phi) is 5.82. The van der Waals surface area contributed by atoms with Crippen molar-refractivity contribution in [3.8, 4) is 21.1 Å². The number of carbonyl (C=O) groups is 1. The summed E-state index contributed by atoms with van der Waals surface area (Å²) in [5.74, 6) is -0.255. The molecule has 0 unspecified atom stereocenters. The van der Waals surface area contributed by atoms with Crippen molar-refractivity contribution in [1.29, 1.82) is 0 Å². The van der Waals surface area contributed by atoms with E-state index in [9.17, 15) is 9.59 Å². The van der Waals surface area contributed by atoms with Crippen LogP contribution < -0.4 is 10.9 Å². The largest absolute Gasteiger partial charge is 0.349 e. The van der Waals surface area contributed by atoms with Gasteiger partial charge in [-0.3, -0.25) is 9.59 Å². The number of nitrogens with zero attached hydrogens (tertiary/aromatic N) is 4. The average molecular weight is 438 g/mol. The van der Waals surface area contributed by atoms with Crippen molar-refractivity contribution in [1.82, 2.24) is 25.1 Å². The highest BCUT2D eigenvalue weighted by molar-refractivity contribution is 7.18. The average Bonchev–Trinajstić information content (AvgIpc) is 3.36. The van der Waals surface area contributed by atoms with Gasteiger partial charge < -0.3 is 5.32 Å². The van der Waals surface area contributed by atoms with E-state index >= 15 is 0 Å². The van der Waals surface area contributed by atoms with Crippen molar-refractivity contribution >= 4 is 28.6 Å². The van der Waals surface area contributed by atoms with Crippen LogP contribution in [0.15, 0.2) is 52.6 Å². The van der Waals surface area contributed by atoms with Crippen LogP contribution in [0.2, 0.25) is 0 Å². The van der Waals surface area contributed by atoms with Crippen LogP contribution in [-0.2, 0) is 6.54 Å². The Morgan fingerprint density at radius 3 is 2.63 bits per heavy atom. The van der Waals surface area contributed by atoms with Gasteiger partial charge in [-0.2, -0.15) is 5.10 Å². The molecule has 4 aromatic rings. The Hall–Kier alpha value is -3.17. The maximum atomic E-state index is 12.2. The van der Waals surface area contributed by atoms with Crippen LogP contribution in [0, 0.1) is 13.8 Å². The number of carbonyl (C=O) groups excluding carboxylic acids is 1. The van der Waals surface area contributed by atoms with Gasteiger partial charge in [0.15, 0.2) is 0 Å². The molecule has 1 amide bonds. The molecule has 0 saturated heterocycles. The van der Waals surface area contributed by atoms with E-state index in [0.29, 0.717) is 11.4 Å². The van der Waals surface area contributed by atoms with Crippen LogP contribution in [0.3, 0.4) is 0 Å². The summed E-state index contributed by atoms with van der Waals surface area (Å²) in [6.45, 7) is 4.33. The van der Waals surface area contributed by atoms with Gasteiger partial charge in [0.2, 0.25) is 0 Å². The number of benzene rings is 1. The van der Waals surface area contributed by atoms with E-state index in [0.717, 1.165) is 26.1 Å². The maximum Gasteiger partial charge on any atom is 0.270 e. The number of aryl methyl sites for hydroxylation is 2. The second-order valence-electron chi connectivity index (χ2n) is 6.59. The van der Waals surface area contributed by atoms with Crippen molar-refractivity contribution in [2.24, 2.45) is 0 Å². The number of aromatic nitrogens is 4. The van der Waals surface area contributed by atoms with E-state index in [2.05, 4.69) is 20.4 Å². The molecule has 1 N–H and O–H groups in total. The summed E-state index contributed by atoms with van der Waals surface area (Å²) < 4.78 is 1.36. The summed E-state index contributed by atoms with van der Waals surface area (Å²) >= 11 is 2.96. The summed E-state index contributed by atoms with van der Waals surface area (Å²) in [5.41, 5.74) is 2.77. The Bertz CT molecular complexity index is 1240. The highest BCUT2D eigenvalue weighted by Gasteiger charge is 2.14. The van der Waals surface area contributed by atoms with Gasteiger partial charge in [0.25, 0.3) is 11.5 Å². The molecule has 4 rings (SSSR count). The third-order valence-corrected chi connectivity index (χ3v) is 6.38. The Labute approximate surface area is 181 Å². The molecule has 152 valence electrons. The van der Waals surface area contributed by atoms with Gasteiger partial charge in [0, 0.05) is 23.6 Å². The van der Waals surface area contributed by atoms with E-state index < -0.39 is 0 Å². The van der Waals surface area contributed by atoms with Crippen LogP contribution in [0.5, 0.6) is 0 Å². The molecule has 0 atom stereocenters. The predicted octanol–water partition coefficient (Wildman–Crippen LogP) is 3.54. The molecule has 30 heavy (non-hydrogen) atoms. The zero-order valence-electron chi connectivity index (χ0n) is 16.5. The van der Waals surface area contributed by atoms with E-state index in [1.807, 2.05) is 44.2 Å². The minimum absolute atomic E-state index is 0.219. The monoisotopic (exact) mass is 437 g/mol. The number of hydrogen-bond donors (Lipinski definition) is 1. The third kappa shape index (κ3) is 4.37. The second-order valence-corrected chi connectivity index (χ2v) is 8.65. The number of thiazole rings is 2. The van der Waals surface area contributed by atoms with Crippen molar-refractivity contribution in [2.75, 3.05) is 6.54 Å². The smallest absolute Gasteiger partial charge is 0.270 e. The van der Waals surface area contributed by atoms with Crippen LogP contribution in [0.4, 0.5) is 0 Å². The molecule has 9 heteroatoms. The summed E-state index contributed by atoms with van der Waals surface area (Å²) in [5, 5.41) is 10.7. The zero-order chi connectivity index (χ0) is 21.1. The molecule has 0 aliphatic heterocycles. The first kappa shape index (κ1) is 20.1. The van der Waals surface area contributed by atoms with Gasteiger partial charge in [0.1, 0.15) is 16.4 Å². The topological polar surface area (TPSA) is 89.8 Å². The van der Waals surface area contributed by atoms with Crippen molar-refractivity contribution in [3.05, 3.63) is 74.6 Å². The first-order valence-corrected chi connectivity index (χ1v) is 11.0.